The number of piperazine rings is 1. The third-order valence-electron chi connectivity index (χ3n) is 6.28. The summed E-state index contributed by atoms with van der Waals surface area (Å²) in [6, 6.07) is 3.39. The van der Waals surface area contributed by atoms with Gasteiger partial charge in [-0.1, -0.05) is 0 Å². The third kappa shape index (κ3) is 3.22. The van der Waals surface area contributed by atoms with Crippen LogP contribution in [0.5, 0.6) is 0 Å². The molecule has 6 nitrogen and oxygen atoms in total. The van der Waals surface area contributed by atoms with Gasteiger partial charge >= 0.3 is 0 Å². The Morgan fingerprint density at radius 3 is 2.53 bits per heavy atom. The number of halogens is 3. The molecule has 0 bridgehead atoms. The molecule has 2 fully saturated rings. The van der Waals surface area contributed by atoms with E-state index >= 15 is 0 Å². The van der Waals surface area contributed by atoms with Crippen LogP contribution in [0.15, 0.2) is 35.6 Å². The van der Waals surface area contributed by atoms with E-state index in [2.05, 4.69) is 20.2 Å². The zero-order valence-electron chi connectivity index (χ0n) is 16.4. The number of nitrogens with two attached hydrogens (primary N) is 1. The molecule has 2 aromatic rings. The molecule has 3 aliphatic rings. The monoisotopic (exact) mass is 416 g/mol. The standard InChI is InChI=1S/C21H23F3N6/c22-15-10-17(24)16(23)9-13(15)12-29-5-7-30(8-6-29)21(14-1-2-14)20(25)27-18-3-4-26-11-19(18)28-21/h3-4,9-11,14,28H,1-2,5-8,12H2,(H2,25,27). The molecule has 0 amide bonds. The molecule has 5 rings (SSSR count). The van der Waals surface area contributed by atoms with Crippen molar-refractivity contribution in [2.45, 2.75) is 25.0 Å². The summed E-state index contributed by atoms with van der Waals surface area (Å²) in [4.78, 5) is 13.2. The quantitative estimate of drug-likeness (QED) is 0.751. The zero-order chi connectivity index (χ0) is 20.9. The van der Waals surface area contributed by atoms with E-state index in [1.54, 1.807) is 12.4 Å². The molecule has 158 valence electrons. The Hall–Kier alpha value is -2.65. The first-order chi connectivity index (χ1) is 14.5. The van der Waals surface area contributed by atoms with Crippen molar-refractivity contribution in [3.05, 3.63) is 53.6 Å². The summed E-state index contributed by atoms with van der Waals surface area (Å²) in [7, 11) is 0. The van der Waals surface area contributed by atoms with E-state index in [0.717, 1.165) is 30.3 Å². The van der Waals surface area contributed by atoms with Gasteiger partial charge in [-0.2, -0.15) is 0 Å². The van der Waals surface area contributed by atoms with Gasteiger partial charge in [0.05, 0.1) is 17.6 Å². The van der Waals surface area contributed by atoms with Crippen molar-refractivity contribution < 1.29 is 13.2 Å². The van der Waals surface area contributed by atoms with Gasteiger partial charge in [0.2, 0.25) is 0 Å². The van der Waals surface area contributed by atoms with Crippen molar-refractivity contribution in [3.63, 3.8) is 0 Å². The van der Waals surface area contributed by atoms with Crippen LogP contribution in [0, 0.1) is 23.4 Å². The summed E-state index contributed by atoms with van der Waals surface area (Å²) in [6.45, 7) is 2.93. The molecular weight excluding hydrogens is 393 g/mol. The number of pyridine rings is 1. The van der Waals surface area contributed by atoms with Crippen LogP contribution < -0.4 is 11.1 Å². The predicted molar refractivity (Wildman–Crippen MR) is 108 cm³/mol. The maximum atomic E-state index is 14.0. The number of fused-ring (bicyclic) bond motifs is 1. The number of amidine groups is 1. The second-order valence-corrected chi connectivity index (χ2v) is 8.18. The van der Waals surface area contributed by atoms with Gasteiger partial charge in [-0.05, 0) is 25.0 Å². The number of nitrogens with one attached hydrogen (secondary N) is 1. The molecule has 1 unspecified atom stereocenters. The Kier molecular flexibility index (Phi) is 4.67. The van der Waals surface area contributed by atoms with Crippen LogP contribution >= 0.6 is 0 Å². The maximum Gasteiger partial charge on any atom is 0.161 e. The van der Waals surface area contributed by atoms with Crippen molar-refractivity contribution in [3.8, 4) is 0 Å². The molecule has 1 saturated heterocycles. The second-order valence-electron chi connectivity index (χ2n) is 8.18. The Labute approximate surface area is 172 Å². The van der Waals surface area contributed by atoms with Crippen LogP contribution in [0.4, 0.5) is 24.5 Å². The summed E-state index contributed by atoms with van der Waals surface area (Å²) >= 11 is 0. The molecule has 2 aliphatic heterocycles. The minimum absolute atomic E-state index is 0.163. The fourth-order valence-electron chi connectivity index (χ4n) is 4.56. The first-order valence-electron chi connectivity index (χ1n) is 10.1. The van der Waals surface area contributed by atoms with Crippen molar-refractivity contribution in [2.75, 3.05) is 31.5 Å². The molecule has 0 radical (unpaired) electrons. The fourth-order valence-corrected chi connectivity index (χ4v) is 4.56. The van der Waals surface area contributed by atoms with E-state index in [0.29, 0.717) is 44.0 Å². The van der Waals surface area contributed by atoms with E-state index in [9.17, 15) is 13.2 Å². The molecule has 30 heavy (non-hydrogen) atoms. The first-order valence-corrected chi connectivity index (χ1v) is 10.1. The van der Waals surface area contributed by atoms with Crippen LogP contribution in [0.25, 0.3) is 0 Å². The Morgan fingerprint density at radius 1 is 1.07 bits per heavy atom. The lowest BCUT2D eigenvalue weighted by Crippen LogP contribution is -2.68. The highest BCUT2D eigenvalue weighted by Crippen LogP contribution is 2.47. The van der Waals surface area contributed by atoms with Crippen LogP contribution in [0.2, 0.25) is 0 Å². The lowest BCUT2D eigenvalue weighted by Gasteiger charge is -2.49. The van der Waals surface area contributed by atoms with E-state index < -0.39 is 23.1 Å². The number of benzene rings is 1. The van der Waals surface area contributed by atoms with Crippen LogP contribution in [-0.4, -0.2) is 52.5 Å². The number of rotatable bonds is 4. The summed E-state index contributed by atoms with van der Waals surface area (Å²) < 4.78 is 40.7. The molecular formula is C21H23F3N6. The molecule has 1 aliphatic carbocycles. The number of aliphatic imine (C=N–C) groups is 1. The molecule has 3 heterocycles. The molecule has 1 atom stereocenters. The number of anilines is 1. The second kappa shape index (κ2) is 7.24. The molecule has 1 aromatic heterocycles. The lowest BCUT2D eigenvalue weighted by molar-refractivity contribution is 0.0659. The van der Waals surface area contributed by atoms with Crippen molar-refractivity contribution in [1.82, 2.24) is 14.8 Å². The summed E-state index contributed by atoms with van der Waals surface area (Å²) in [5.41, 5.74) is 7.76. The van der Waals surface area contributed by atoms with Crippen molar-refractivity contribution >= 4 is 17.2 Å². The van der Waals surface area contributed by atoms with Gasteiger partial charge in [0.1, 0.15) is 11.7 Å². The minimum Gasteiger partial charge on any atom is -0.384 e. The largest absolute Gasteiger partial charge is 0.384 e. The number of hydrogen-bond donors (Lipinski definition) is 2. The van der Waals surface area contributed by atoms with Crippen LogP contribution in [-0.2, 0) is 6.54 Å². The fraction of sp³-hybridized carbons (Fsp3) is 0.429. The minimum atomic E-state index is -1.17. The molecule has 1 saturated carbocycles. The summed E-state index contributed by atoms with van der Waals surface area (Å²) in [6.07, 6.45) is 5.60. The topological polar surface area (TPSA) is 69.8 Å². The Morgan fingerprint density at radius 2 is 1.80 bits per heavy atom. The van der Waals surface area contributed by atoms with Gasteiger partial charge < -0.3 is 11.1 Å². The first kappa shape index (κ1) is 19.3. The van der Waals surface area contributed by atoms with E-state index in [-0.39, 0.29) is 12.1 Å². The third-order valence-corrected chi connectivity index (χ3v) is 6.28. The van der Waals surface area contributed by atoms with Crippen molar-refractivity contribution in [2.24, 2.45) is 16.6 Å². The average Bonchev–Trinajstić information content (AvgIpc) is 3.58. The maximum absolute atomic E-state index is 14.0. The molecule has 9 heteroatoms. The van der Waals surface area contributed by atoms with Crippen molar-refractivity contribution in [1.29, 1.82) is 0 Å². The zero-order valence-corrected chi connectivity index (χ0v) is 16.4. The number of nitrogens with zero attached hydrogens (tertiary/aromatic N) is 4. The lowest BCUT2D eigenvalue weighted by atomic mass is 9.96. The van der Waals surface area contributed by atoms with Gasteiger partial charge in [-0.25, -0.2) is 18.2 Å². The Balaban J connectivity index is 1.33. The summed E-state index contributed by atoms with van der Waals surface area (Å²) in [5.74, 6) is -1.99. The molecule has 1 aromatic carbocycles. The highest BCUT2D eigenvalue weighted by atomic mass is 19.2. The summed E-state index contributed by atoms with van der Waals surface area (Å²) in [5, 5.41) is 3.62. The average molecular weight is 416 g/mol. The highest BCUT2D eigenvalue weighted by Gasteiger charge is 2.54. The smallest absolute Gasteiger partial charge is 0.161 e. The van der Waals surface area contributed by atoms with Gasteiger partial charge in [0, 0.05) is 56.5 Å². The van der Waals surface area contributed by atoms with E-state index in [4.69, 9.17) is 5.73 Å². The van der Waals surface area contributed by atoms with E-state index in [1.165, 1.54) is 0 Å². The van der Waals surface area contributed by atoms with Gasteiger partial charge in [-0.15, -0.1) is 0 Å². The predicted octanol–water partition coefficient (Wildman–Crippen LogP) is 2.84. The molecule has 0 spiro atoms. The number of hydrogen-bond acceptors (Lipinski definition) is 6. The molecule has 3 N–H and O–H groups in total. The van der Waals surface area contributed by atoms with Crippen LogP contribution in [0.3, 0.4) is 0 Å². The van der Waals surface area contributed by atoms with Gasteiger partial charge in [0.15, 0.2) is 17.3 Å². The Bertz CT molecular complexity index is 1000. The normalized spacial score (nSPS) is 24.8. The number of aromatic nitrogens is 1. The van der Waals surface area contributed by atoms with Gasteiger partial charge in [-0.3, -0.25) is 14.8 Å². The highest BCUT2D eigenvalue weighted by molar-refractivity contribution is 5.99. The van der Waals surface area contributed by atoms with Gasteiger partial charge in [0.25, 0.3) is 0 Å². The van der Waals surface area contributed by atoms with Crippen LogP contribution in [0.1, 0.15) is 18.4 Å². The SMILES string of the molecule is NC1=Nc2ccncc2NC1(C1CC1)N1CCN(Cc2cc(F)c(F)cc2F)CC1. The van der Waals surface area contributed by atoms with E-state index in [1.807, 2.05) is 11.0 Å².